The molecule has 2 aromatic rings. The van der Waals surface area contributed by atoms with Gasteiger partial charge in [0.05, 0.1) is 18.7 Å². The third-order valence-electron chi connectivity index (χ3n) is 3.07. The quantitative estimate of drug-likeness (QED) is 0.537. The van der Waals surface area contributed by atoms with Crippen molar-refractivity contribution in [2.24, 2.45) is 0 Å². The van der Waals surface area contributed by atoms with Gasteiger partial charge in [0.15, 0.2) is 6.73 Å². The van der Waals surface area contributed by atoms with Crippen molar-refractivity contribution in [3.63, 3.8) is 0 Å². The average Bonchev–Trinajstić information content (AvgIpc) is 2.61. The molecule has 2 N–H and O–H groups in total. The second-order valence-electron chi connectivity index (χ2n) is 4.82. The summed E-state index contributed by atoms with van der Waals surface area (Å²) < 4.78 is 15.9. The maximum Gasteiger partial charge on any atom is 0.317 e. The van der Waals surface area contributed by atoms with Gasteiger partial charge in [-0.3, -0.25) is 0 Å². The Labute approximate surface area is 156 Å². The largest absolute Gasteiger partial charge is 0.497 e. The predicted molar refractivity (Wildman–Crippen MR) is 97.0 cm³/mol. The lowest BCUT2D eigenvalue weighted by Gasteiger charge is -2.11. The molecule has 2 amide bonds. The van der Waals surface area contributed by atoms with E-state index in [-0.39, 0.29) is 12.8 Å². The number of hydrogen-bond donors (Lipinski definition) is 2. The Balaban J connectivity index is 1.60. The van der Waals surface area contributed by atoms with E-state index in [2.05, 4.69) is 10.6 Å². The minimum Gasteiger partial charge on any atom is -0.497 e. The van der Waals surface area contributed by atoms with Crippen LogP contribution in [0.3, 0.4) is 0 Å². The van der Waals surface area contributed by atoms with Gasteiger partial charge in [-0.2, -0.15) is 0 Å². The van der Waals surface area contributed by atoms with Crippen LogP contribution in [0.5, 0.6) is 17.2 Å². The molecule has 0 unspecified atom stereocenters. The lowest BCUT2D eigenvalue weighted by atomic mass is 10.3. The SMILES string of the molecule is COc1ccc(OCCNC(=O)NCOc2ccc(Cl)cc2Cl)cc1. The Bertz CT molecular complexity index is 696. The number of carbonyl (C=O) groups excluding carboxylic acids is 1. The maximum atomic E-state index is 11.6. The molecule has 0 spiro atoms. The molecule has 0 aliphatic carbocycles. The maximum absolute atomic E-state index is 11.6. The third-order valence-corrected chi connectivity index (χ3v) is 3.60. The lowest BCUT2D eigenvalue weighted by molar-refractivity contribution is 0.220. The van der Waals surface area contributed by atoms with Crippen molar-refractivity contribution >= 4 is 29.2 Å². The molecular formula is C17H18Cl2N2O4. The smallest absolute Gasteiger partial charge is 0.317 e. The van der Waals surface area contributed by atoms with Gasteiger partial charge < -0.3 is 24.8 Å². The molecule has 0 radical (unpaired) electrons. The van der Waals surface area contributed by atoms with Crippen LogP contribution in [0.4, 0.5) is 4.79 Å². The molecular weight excluding hydrogens is 367 g/mol. The van der Waals surface area contributed by atoms with E-state index in [9.17, 15) is 4.79 Å². The van der Waals surface area contributed by atoms with Crippen LogP contribution in [0.15, 0.2) is 42.5 Å². The van der Waals surface area contributed by atoms with Crippen molar-refractivity contribution in [2.45, 2.75) is 0 Å². The number of ether oxygens (including phenoxy) is 3. The van der Waals surface area contributed by atoms with Crippen molar-refractivity contribution in [1.29, 1.82) is 0 Å². The van der Waals surface area contributed by atoms with Crippen LogP contribution in [0.25, 0.3) is 0 Å². The van der Waals surface area contributed by atoms with Gasteiger partial charge in [0.1, 0.15) is 23.9 Å². The zero-order valence-corrected chi connectivity index (χ0v) is 15.1. The van der Waals surface area contributed by atoms with Crippen LogP contribution in [-0.2, 0) is 0 Å². The number of rotatable bonds is 8. The Kier molecular flexibility index (Phi) is 7.50. The molecule has 134 valence electrons. The van der Waals surface area contributed by atoms with Crippen molar-refractivity contribution in [1.82, 2.24) is 10.6 Å². The fourth-order valence-corrected chi connectivity index (χ4v) is 2.30. The van der Waals surface area contributed by atoms with Crippen LogP contribution >= 0.6 is 23.2 Å². The third kappa shape index (κ3) is 6.60. The molecule has 0 aliphatic rings. The predicted octanol–water partition coefficient (Wildman–Crippen LogP) is 3.72. The summed E-state index contributed by atoms with van der Waals surface area (Å²) in [6, 6.07) is 11.7. The Morgan fingerprint density at radius 2 is 1.72 bits per heavy atom. The number of urea groups is 1. The van der Waals surface area contributed by atoms with E-state index < -0.39 is 0 Å². The van der Waals surface area contributed by atoms with Crippen LogP contribution in [-0.4, -0.2) is 33.0 Å². The number of methoxy groups -OCH3 is 1. The molecule has 0 heterocycles. The number of benzene rings is 2. The van der Waals surface area contributed by atoms with E-state index in [0.717, 1.165) is 5.75 Å². The summed E-state index contributed by atoms with van der Waals surface area (Å²) >= 11 is 11.8. The highest BCUT2D eigenvalue weighted by Gasteiger charge is 2.04. The van der Waals surface area contributed by atoms with Gasteiger partial charge in [0, 0.05) is 5.02 Å². The van der Waals surface area contributed by atoms with Crippen LogP contribution in [0, 0.1) is 0 Å². The molecule has 2 rings (SSSR count). The topological polar surface area (TPSA) is 68.8 Å². The number of halogens is 2. The molecule has 0 aromatic heterocycles. The van der Waals surface area contributed by atoms with Gasteiger partial charge >= 0.3 is 6.03 Å². The molecule has 0 atom stereocenters. The molecule has 0 saturated carbocycles. The highest BCUT2D eigenvalue weighted by atomic mass is 35.5. The second kappa shape index (κ2) is 9.86. The Morgan fingerprint density at radius 3 is 2.40 bits per heavy atom. The van der Waals surface area contributed by atoms with Crippen molar-refractivity contribution in [3.8, 4) is 17.2 Å². The van der Waals surface area contributed by atoms with Crippen molar-refractivity contribution in [2.75, 3.05) is 27.0 Å². The van der Waals surface area contributed by atoms with Gasteiger partial charge in [0.2, 0.25) is 0 Å². The second-order valence-corrected chi connectivity index (χ2v) is 5.66. The molecule has 8 heteroatoms. The van der Waals surface area contributed by atoms with Crippen LogP contribution in [0.1, 0.15) is 0 Å². The molecule has 0 saturated heterocycles. The summed E-state index contributed by atoms with van der Waals surface area (Å²) in [5.74, 6) is 1.89. The van der Waals surface area contributed by atoms with Gasteiger partial charge in [-0.05, 0) is 42.5 Å². The van der Waals surface area contributed by atoms with Crippen molar-refractivity contribution in [3.05, 3.63) is 52.5 Å². The zero-order chi connectivity index (χ0) is 18.1. The fourth-order valence-electron chi connectivity index (χ4n) is 1.84. The molecule has 0 aliphatic heterocycles. The minimum absolute atomic E-state index is 0.0213. The zero-order valence-electron chi connectivity index (χ0n) is 13.6. The standard InChI is InChI=1S/C17H18Cl2N2O4/c1-23-13-3-5-14(6-4-13)24-9-8-20-17(22)21-11-25-16-7-2-12(18)10-15(16)19/h2-7,10H,8-9,11H2,1H3,(H2,20,21,22). The first-order valence-corrected chi connectivity index (χ1v) is 8.20. The van der Waals surface area contributed by atoms with Crippen molar-refractivity contribution < 1.29 is 19.0 Å². The number of hydrogen-bond acceptors (Lipinski definition) is 4. The number of nitrogens with one attached hydrogen (secondary N) is 2. The summed E-state index contributed by atoms with van der Waals surface area (Å²) in [5.41, 5.74) is 0. The first kappa shape index (κ1) is 19.0. The molecule has 25 heavy (non-hydrogen) atoms. The Morgan fingerprint density at radius 1 is 1.00 bits per heavy atom. The first-order valence-electron chi connectivity index (χ1n) is 7.45. The molecule has 6 nitrogen and oxygen atoms in total. The van der Waals surface area contributed by atoms with E-state index >= 15 is 0 Å². The number of amides is 2. The molecule has 0 fully saturated rings. The fraction of sp³-hybridized carbons (Fsp3) is 0.235. The first-order chi connectivity index (χ1) is 12.1. The van der Waals surface area contributed by atoms with E-state index in [1.807, 2.05) is 0 Å². The summed E-state index contributed by atoms with van der Waals surface area (Å²) in [5, 5.41) is 6.09. The van der Waals surface area contributed by atoms with Gasteiger partial charge in [-0.15, -0.1) is 0 Å². The van der Waals surface area contributed by atoms with Crippen LogP contribution in [0.2, 0.25) is 10.0 Å². The molecule has 2 aromatic carbocycles. The summed E-state index contributed by atoms with van der Waals surface area (Å²) in [6.45, 7) is 0.662. The van der Waals surface area contributed by atoms with Gasteiger partial charge in [0.25, 0.3) is 0 Å². The average molecular weight is 385 g/mol. The highest BCUT2D eigenvalue weighted by molar-refractivity contribution is 6.35. The van der Waals surface area contributed by atoms with E-state index in [1.54, 1.807) is 49.6 Å². The summed E-state index contributed by atoms with van der Waals surface area (Å²) in [6.07, 6.45) is 0. The number of carbonyl (C=O) groups is 1. The highest BCUT2D eigenvalue weighted by Crippen LogP contribution is 2.27. The van der Waals surface area contributed by atoms with E-state index in [4.69, 9.17) is 37.4 Å². The van der Waals surface area contributed by atoms with Gasteiger partial charge in [-0.1, -0.05) is 23.2 Å². The summed E-state index contributed by atoms with van der Waals surface area (Å²) in [4.78, 5) is 11.6. The normalized spacial score (nSPS) is 10.0. The minimum atomic E-state index is -0.372. The lowest BCUT2D eigenvalue weighted by Crippen LogP contribution is -2.39. The van der Waals surface area contributed by atoms with E-state index in [0.29, 0.717) is 34.7 Å². The van der Waals surface area contributed by atoms with E-state index in [1.165, 1.54) is 0 Å². The van der Waals surface area contributed by atoms with Gasteiger partial charge in [-0.25, -0.2) is 4.79 Å². The van der Waals surface area contributed by atoms with Crippen LogP contribution < -0.4 is 24.8 Å². The summed E-state index contributed by atoms with van der Waals surface area (Å²) in [7, 11) is 1.60. The Hall–Kier alpha value is -2.31. The monoisotopic (exact) mass is 384 g/mol. The molecule has 0 bridgehead atoms.